The first-order valence-electron chi connectivity index (χ1n) is 4.02. The summed E-state index contributed by atoms with van der Waals surface area (Å²) in [4.78, 5) is 1.33. The predicted molar refractivity (Wildman–Crippen MR) is 50.9 cm³/mol. The van der Waals surface area contributed by atoms with E-state index in [-0.39, 0.29) is 0 Å². The number of benzene rings is 1. The topological polar surface area (TPSA) is 0 Å². The van der Waals surface area contributed by atoms with E-state index >= 15 is 0 Å². The van der Waals surface area contributed by atoms with Crippen LogP contribution in [0.5, 0.6) is 0 Å². The fourth-order valence-corrected chi connectivity index (χ4v) is 1.80. The molecule has 0 saturated heterocycles. The minimum Gasteiger partial charge on any atom is -0.126 e. The van der Waals surface area contributed by atoms with Crippen molar-refractivity contribution in [2.45, 2.75) is 24.7 Å². The van der Waals surface area contributed by atoms with E-state index in [2.05, 4.69) is 19.1 Å². The molecule has 0 amide bonds. The molecule has 1 heteroatoms. The van der Waals surface area contributed by atoms with Gasteiger partial charge in [-0.05, 0) is 30.4 Å². The zero-order valence-corrected chi connectivity index (χ0v) is 7.66. The standard InChI is InChI=1S/C10H13S/c1-2-3-9-11-10-7-5-4-6-8-10/h4-5,7-8H,2-3,9H2,1H3. The van der Waals surface area contributed by atoms with E-state index in [1.165, 1.54) is 23.5 Å². The van der Waals surface area contributed by atoms with Crippen LogP contribution in [-0.2, 0) is 0 Å². The first kappa shape index (κ1) is 8.66. The average Bonchev–Trinajstić information content (AvgIpc) is 2.07. The van der Waals surface area contributed by atoms with Crippen molar-refractivity contribution in [3.63, 3.8) is 0 Å². The van der Waals surface area contributed by atoms with E-state index in [1.807, 2.05) is 30.0 Å². The second-order valence-electron chi connectivity index (χ2n) is 2.44. The second-order valence-corrected chi connectivity index (χ2v) is 3.61. The van der Waals surface area contributed by atoms with Crippen molar-refractivity contribution < 1.29 is 0 Å². The van der Waals surface area contributed by atoms with Crippen molar-refractivity contribution in [3.05, 3.63) is 30.3 Å². The number of hydrogen-bond acceptors (Lipinski definition) is 1. The number of rotatable bonds is 4. The Balaban J connectivity index is 2.28. The molecular formula is C10H13S. The van der Waals surface area contributed by atoms with Gasteiger partial charge in [-0.1, -0.05) is 25.5 Å². The van der Waals surface area contributed by atoms with Crippen LogP contribution in [0, 0.1) is 6.07 Å². The zero-order valence-electron chi connectivity index (χ0n) is 6.84. The van der Waals surface area contributed by atoms with Crippen molar-refractivity contribution in [1.29, 1.82) is 0 Å². The molecular weight excluding hydrogens is 152 g/mol. The van der Waals surface area contributed by atoms with Gasteiger partial charge in [-0.15, -0.1) is 11.8 Å². The highest BCUT2D eigenvalue weighted by molar-refractivity contribution is 7.99. The molecule has 1 rings (SSSR count). The molecule has 0 aromatic heterocycles. The van der Waals surface area contributed by atoms with E-state index < -0.39 is 0 Å². The van der Waals surface area contributed by atoms with Gasteiger partial charge in [-0.25, -0.2) is 0 Å². The monoisotopic (exact) mass is 165 g/mol. The van der Waals surface area contributed by atoms with Gasteiger partial charge >= 0.3 is 0 Å². The molecule has 0 bridgehead atoms. The van der Waals surface area contributed by atoms with Crippen LogP contribution >= 0.6 is 11.8 Å². The number of hydrogen-bond donors (Lipinski definition) is 0. The van der Waals surface area contributed by atoms with Gasteiger partial charge in [0.25, 0.3) is 0 Å². The molecule has 0 saturated carbocycles. The molecule has 1 aromatic carbocycles. The molecule has 11 heavy (non-hydrogen) atoms. The molecule has 0 nitrogen and oxygen atoms in total. The Morgan fingerprint density at radius 3 is 3.09 bits per heavy atom. The van der Waals surface area contributed by atoms with Gasteiger partial charge in [-0.2, -0.15) is 0 Å². The lowest BCUT2D eigenvalue weighted by atomic mass is 10.4. The van der Waals surface area contributed by atoms with Crippen LogP contribution in [0.3, 0.4) is 0 Å². The van der Waals surface area contributed by atoms with Crippen LogP contribution in [0.4, 0.5) is 0 Å². The Bertz CT molecular complexity index is 181. The van der Waals surface area contributed by atoms with Crippen LogP contribution in [0.1, 0.15) is 19.8 Å². The first-order chi connectivity index (χ1) is 5.43. The summed E-state index contributed by atoms with van der Waals surface area (Å²) in [5.74, 6) is 1.23. The molecule has 0 aliphatic rings. The summed E-state index contributed by atoms with van der Waals surface area (Å²) in [5, 5.41) is 0. The summed E-state index contributed by atoms with van der Waals surface area (Å²) in [7, 11) is 0. The molecule has 0 aliphatic heterocycles. The minimum atomic E-state index is 1.23. The summed E-state index contributed by atoms with van der Waals surface area (Å²) < 4.78 is 0. The Labute approximate surface area is 73.0 Å². The lowest BCUT2D eigenvalue weighted by Crippen LogP contribution is -1.76. The van der Waals surface area contributed by atoms with Crippen molar-refractivity contribution in [2.24, 2.45) is 0 Å². The third-order valence-corrected chi connectivity index (χ3v) is 2.53. The van der Waals surface area contributed by atoms with Gasteiger partial charge in [0, 0.05) is 4.90 Å². The lowest BCUT2D eigenvalue weighted by Gasteiger charge is -1.97. The van der Waals surface area contributed by atoms with E-state index in [1.54, 1.807) is 0 Å². The molecule has 0 unspecified atom stereocenters. The molecule has 1 aromatic rings. The molecule has 0 spiro atoms. The summed E-state index contributed by atoms with van der Waals surface area (Å²) in [6.07, 6.45) is 2.59. The van der Waals surface area contributed by atoms with Crippen LogP contribution in [-0.4, -0.2) is 5.75 Å². The van der Waals surface area contributed by atoms with E-state index in [9.17, 15) is 0 Å². The zero-order chi connectivity index (χ0) is 7.94. The normalized spacial score (nSPS) is 9.91. The highest BCUT2D eigenvalue weighted by atomic mass is 32.2. The van der Waals surface area contributed by atoms with Gasteiger partial charge < -0.3 is 0 Å². The van der Waals surface area contributed by atoms with E-state index in [0.29, 0.717) is 0 Å². The first-order valence-corrected chi connectivity index (χ1v) is 5.01. The maximum Gasteiger partial charge on any atom is 0.00781 e. The fourth-order valence-electron chi connectivity index (χ4n) is 0.801. The maximum atomic E-state index is 3.07. The van der Waals surface area contributed by atoms with Crippen molar-refractivity contribution >= 4 is 11.8 Å². The van der Waals surface area contributed by atoms with Gasteiger partial charge in [-0.3, -0.25) is 0 Å². The summed E-state index contributed by atoms with van der Waals surface area (Å²) in [5.41, 5.74) is 0. The SMILES string of the molecule is CCCCSc1c[c]ccc1. The molecule has 0 aliphatic carbocycles. The van der Waals surface area contributed by atoms with Crippen molar-refractivity contribution in [1.82, 2.24) is 0 Å². The highest BCUT2D eigenvalue weighted by Crippen LogP contribution is 2.17. The van der Waals surface area contributed by atoms with Gasteiger partial charge in [0.05, 0.1) is 0 Å². The summed E-state index contributed by atoms with van der Waals surface area (Å²) >= 11 is 1.91. The third-order valence-electron chi connectivity index (χ3n) is 1.45. The number of thioether (sulfide) groups is 1. The second kappa shape index (κ2) is 5.25. The summed E-state index contributed by atoms with van der Waals surface area (Å²) in [6.45, 7) is 2.22. The number of unbranched alkanes of at least 4 members (excludes halogenated alkanes) is 1. The van der Waals surface area contributed by atoms with Crippen molar-refractivity contribution in [2.75, 3.05) is 5.75 Å². The quantitative estimate of drug-likeness (QED) is 0.487. The minimum absolute atomic E-state index is 1.23. The molecule has 59 valence electrons. The van der Waals surface area contributed by atoms with Crippen molar-refractivity contribution in [3.8, 4) is 0 Å². The molecule has 0 N–H and O–H groups in total. The Morgan fingerprint density at radius 2 is 2.45 bits per heavy atom. The summed E-state index contributed by atoms with van der Waals surface area (Å²) in [6, 6.07) is 11.2. The Kier molecular flexibility index (Phi) is 4.14. The van der Waals surface area contributed by atoms with E-state index in [0.717, 1.165) is 0 Å². The average molecular weight is 165 g/mol. The van der Waals surface area contributed by atoms with Crippen LogP contribution in [0.25, 0.3) is 0 Å². The van der Waals surface area contributed by atoms with Crippen LogP contribution in [0.2, 0.25) is 0 Å². The largest absolute Gasteiger partial charge is 0.126 e. The molecule has 0 fully saturated rings. The van der Waals surface area contributed by atoms with Crippen LogP contribution < -0.4 is 0 Å². The fraction of sp³-hybridized carbons (Fsp3) is 0.400. The Hall–Kier alpha value is -0.430. The van der Waals surface area contributed by atoms with Gasteiger partial charge in [0.1, 0.15) is 0 Å². The highest BCUT2D eigenvalue weighted by Gasteiger charge is 1.89. The third kappa shape index (κ3) is 3.47. The smallest absolute Gasteiger partial charge is 0.00781 e. The van der Waals surface area contributed by atoms with Gasteiger partial charge in [0.2, 0.25) is 0 Å². The molecule has 0 heterocycles. The maximum absolute atomic E-state index is 3.07. The van der Waals surface area contributed by atoms with Gasteiger partial charge in [0.15, 0.2) is 0 Å². The van der Waals surface area contributed by atoms with Crippen LogP contribution in [0.15, 0.2) is 29.2 Å². The lowest BCUT2D eigenvalue weighted by molar-refractivity contribution is 0.896. The molecule has 1 radical (unpaired) electrons. The molecule has 0 atom stereocenters. The van der Waals surface area contributed by atoms with E-state index in [4.69, 9.17) is 0 Å². The predicted octanol–water partition coefficient (Wildman–Crippen LogP) is 3.38. The Morgan fingerprint density at radius 1 is 1.55 bits per heavy atom.